The molecule has 0 aromatic heterocycles. The first kappa shape index (κ1) is 20.3. The number of carbonyl (C=O) groups is 1. The molecule has 0 aliphatic heterocycles. The van der Waals surface area contributed by atoms with E-state index in [1.165, 1.54) is 18.2 Å². The van der Waals surface area contributed by atoms with Crippen molar-refractivity contribution in [2.24, 2.45) is 5.41 Å². The van der Waals surface area contributed by atoms with Crippen molar-refractivity contribution in [2.75, 3.05) is 33.8 Å². The van der Waals surface area contributed by atoms with Crippen molar-refractivity contribution < 1.29 is 18.7 Å². The zero-order chi connectivity index (χ0) is 18.3. The van der Waals surface area contributed by atoms with Gasteiger partial charge in [0.25, 0.3) is 0 Å². The highest BCUT2D eigenvalue weighted by molar-refractivity contribution is 5.73. The van der Waals surface area contributed by atoms with Gasteiger partial charge in [-0.25, -0.2) is 13.6 Å². The van der Waals surface area contributed by atoms with Gasteiger partial charge in [0.15, 0.2) is 0 Å². The number of aliphatic hydroxyl groups is 1. The molecule has 1 unspecified atom stereocenters. The number of nitrogens with zero attached hydrogens (tertiary/aromatic N) is 1. The van der Waals surface area contributed by atoms with Crippen LogP contribution in [0.25, 0.3) is 0 Å². The molecular formula is C17H27F2N3O2. The molecule has 0 heterocycles. The zero-order valence-electron chi connectivity index (χ0n) is 14.7. The zero-order valence-corrected chi connectivity index (χ0v) is 14.7. The Kier molecular flexibility index (Phi) is 7.57. The number of carbonyl (C=O) groups excluding carboxylic acids is 1. The predicted molar refractivity (Wildman–Crippen MR) is 89.7 cm³/mol. The number of hydrogen-bond donors (Lipinski definition) is 3. The molecule has 0 bridgehead atoms. The highest BCUT2D eigenvalue weighted by Gasteiger charge is 2.23. The summed E-state index contributed by atoms with van der Waals surface area (Å²) in [6, 6.07) is 2.68. The number of halogens is 2. The van der Waals surface area contributed by atoms with Gasteiger partial charge in [0.2, 0.25) is 0 Å². The minimum Gasteiger partial charge on any atom is -0.396 e. The molecule has 0 saturated heterocycles. The van der Waals surface area contributed by atoms with Crippen LogP contribution in [-0.2, 0) is 0 Å². The van der Waals surface area contributed by atoms with Crippen molar-refractivity contribution in [2.45, 2.75) is 26.3 Å². The predicted octanol–water partition coefficient (Wildman–Crippen LogP) is 2.28. The summed E-state index contributed by atoms with van der Waals surface area (Å²) in [6.45, 7) is 4.37. The smallest absolute Gasteiger partial charge is 0.314 e. The molecule has 0 aliphatic rings. The van der Waals surface area contributed by atoms with Crippen LogP contribution in [0, 0.1) is 17.0 Å². The summed E-state index contributed by atoms with van der Waals surface area (Å²) in [4.78, 5) is 13.6. The summed E-state index contributed by atoms with van der Waals surface area (Å²) >= 11 is 0. The first-order valence-electron chi connectivity index (χ1n) is 7.91. The number of nitrogens with one attached hydrogen (secondary N) is 2. The van der Waals surface area contributed by atoms with Crippen molar-refractivity contribution in [1.82, 2.24) is 15.5 Å². The monoisotopic (exact) mass is 343 g/mol. The van der Waals surface area contributed by atoms with Crippen LogP contribution in [0.1, 0.15) is 31.9 Å². The summed E-state index contributed by atoms with van der Waals surface area (Å²) < 4.78 is 27.9. The second-order valence-electron chi connectivity index (χ2n) is 6.82. The van der Waals surface area contributed by atoms with E-state index >= 15 is 0 Å². The summed E-state index contributed by atoms with van der Waals surface area (Å²) in [5, 5.41) is 14.3. The minimum atomic E-state index is -0.639. The summed E-state index contributed by atoms with van der Waals surface area (Å²) in [6.07, 6.45) is 0.564. The first-order chi connectivity index (χ1) is 11.2. The molecule has 0 fully saturated rings. The number of benzene rings is 1. The lowest BCUT2D eigenvalue weighted by molar-refractivity contribution is 0.199. The van der Waals surface area contributed by atoms with E-state index in [4.69, 9.17) is 5.11 Å². The highest BCUT2D eigenvalue weighted by Crippen LogP contribution is 2.24. The topological polar surface area (TPSA) is 64.6 Å². The maximum atomic E-state index is 14.0. The molecule has 1 atom stereocenters. The van der Waals surface area contributed by atoms with Gasteiger partial charge >= 0.3 is 6.03 Å². The molecule has 1 aromatic carbocycles. The fourth-order valence-corrected chi connectivity index (χ4v) is 2.33. The first-order valence-corrected chi connectivity index (χ1v) is 7.91. The fraction of sp³-hybridized carbons (Fsp3) is 0.588. The van der Waals surface area contributed by atoms with Gasteiger partial charge in [-0.2, -0.15) is 0 Å². The molecule has 0 radical (unpaired) electrons. The van der Waals surface area contributed by atoms with E-state index in [1.54, 1.807) is 19.0 Å². The molecule has 0 saturated carbocycles. The van der Waals surface area contributed by atoms with Crippen LogP contribution in [0.5, 0.6) is 0 Å². The molecule has 7 heteroatoms. The number of aliphatic hydroxyl groups excluding tert-OH is 1. The number of rotatable bonds is 8. The Morgan fingerprint density at radius 1 is 1.25 bits per heavy atom. The lowest BCUT2D eigenvalue weighted by Crippen LogP contribution is -2.44. The average molecular weight is 343 g/mol. The van der Waals surface area contributed by atoms with Gasteiger partial charge in [-0.15, -0.1) is 0 Å². The van der Waals surface area contributed by atoms with E-state index in [-0.39, 0.29) is 24.1 Å². The SMILES string of the molecule is CN(C)C(CNC(=O)NCC(C)(C)CCO)c1c(F)cccc1F. The Labute approximate surface area is 142 Å². The van der Waals surface area contributed by atoms with E-state index in [2.05, 4.69) is 10.6 Å². The molecule has 0 aliphatic carbocycles. The second-order valence-corrected chi connectivity index (χ2v) is 6.82. The Bertz CT molecular complexity index is 530. The van der Waals surface area contributed by atoms with E-state index in [0.29, 0.717) is 13.0 Å². The lowest BCUT2D eigenvalue weighted by Gasteiger charge is -2.27. The van der Waals surface area contributed by atoms with E-state index in [9.17, 15) is 13.6 Å². The Morgan fingerprint density at radius 3 is 2.33 bits per heavy atom. The molecular weight excluding hydrogens is 316 g/mol. The quantitative estimate of drug-likeness (QED) is 0.678. The van der Waals surface area contributed by atoms with Crippen LogP contribution in [0.3, 0.4) is 0 Å². The fourth-order valence-electron chi connectivity index (χ4n) is 2.33. The van der Waals surface area contributed by atoms with Gasteiger partial charge in [0.1, 0.15) is 11.6 Å². The van der Waals surface area contributed by atoms with Crippen LogP contribution in [0.4, 0.5) is 13.6 Å². The van der Waals surface area contributed by atoms with Crippen LogP contribution >= 0.6 is 0 Å². The van der Waals surface area contributed by atoms with Gasteiger partial charge in [0, 0.05) is 25.3 Å². The maximum Gasteiger partial charge on any atom is 0.314 e. The molecule has 24 heavy (non-hydrogen) atoms. The maximum absolute atomic E-state index is 14.0. The minimum absolute atomic E-state index is 0.0472. The molecule has 2 amide bonds. The van der Waals surface area contributed by atoms with Crippen molar-refractivity contribution in [3.63, 3.8) is 0 Å². The van der Waals surface area contributed by atoms with Crippen molar-refractivity contribution >= 4 is 6.03 Å². The third kappa shape index (κ3) is 6.05. The normalized spacial score (nSPS) is 13.0. The van der Waals surface area contributed by atoms with Crippen molar-refractivity contribution in [3.8, 4) is 0 Å². The molecule has 1 rings (SSSR count). The lowest BCUT2D eigenvalue weighted by atomic mass is 9.90. The average Bonchev–Trinajstić information content (AvgIpc) is 2.47. The van der Waals surface area contributed by atoms with Gasteiger partial charge in [0.05, 0.1) is 6.04 Å². The summed E-state index contributed by atoms with van der Waals surface area (Å²) in [7, 11) is 3.39. The van der Waals surface area contributed by atoms with Crippen LogP contribution < -0.4 is 10.6 Å². The van der Waals surface area contributed by atoms with Gasteiger partial charge in [-0.3, -0.25) is 0 Å². The van der Waals surface area contributed by atoms with Gasteiger partial charge in [-0.05, 0) is 38.1 Å². The third-order valence-corrected chi connectivity index (χ3v) is 3.93. The van der Waals surface area contributed by atoms with E-state index in [0.717, 1.165) is 0 Å². The summed E-state index contributed by atoms with van der Waals surface area (Å²) in [5.41, 5.74) is -0.298. The Hall–Kier alpha value is -1.73. The number of amides is 2. The van der Waals surface area contributed by atoms with Crippen LogP contribution in [-0.4, -0.2) is 49.8 Å². The number of likely N-dealkylation sites (N-methyl/N-ethyl adjacent to an activating group) is 1. The van der Waals surface area contributed by atoms with E-state index in [1.807, 2.05) is 13.8 Å². The molecule has 1 aromatic rings. The van der Waals surface area contributed by atoms with Gasteiger partial charge in [-0.1, -0.05) is 19.9 Å². The molecule has 5 nitrogen and oxygen atoms in total. The van der Waals surface area contributed by atoms with Crippen molar-refractivity contribution in [3.05, 3.63) is 35.4 Å². The third-order valence-electron chi connectivity index (χ3n) is 3.93. The highest BCUT2D eigenvalue weighted by atomic mass is 19.1. The molecule has 136 valence electrons. The van der Waals surface area contributed by atoms with Gasteiger partial charge < -0.3 is 20.6 Å². The second kappa shape index (κ2) is 8.94. The Morgan fingerprint density at radius 2 is 1.83 bits per heavy atom. The number of urea groups is 1. The number of hydrogen-bond acceptors (Lipinski definition) is 3. The van der Waals surface area contributed by atoms with Crippen LogP contribution in [0.2, 0.25) is 0 Å². The summed E-state index contributed by atoms with van der Waals surface area (Å²) in [5.74, 6) is -1.28. The van der Waals surface area contributed by atoms with Crippen LogP contribution in [0.15, 0.2) is 18.2 Å². The van der Waals surface area contributed by atoms with E-state index < -0.39 is 23.7 Å². The van der Waals surface area contributed by atoms with Crippen molar-refractivity contribution in [1.29, 1.82) is 0 Å². The molecule has 3 N–H and O–H groups in total. The Balaban J connectivity index is 2.66. The standard InChI is InChI=1S/C17H27F2N3O2/c1-17(2,8-9-23)11-21-16(24)20-10-14(22(3)4)15-12(18)6-5-7-13(15)19/h5-7,14,23H,8-11H2,1-4H3,(H2,20,21,24). The largest absolute Gasteiger partial charge is 0.396 e. The molecule has 0 spiro atoms.